The molecule has 0 aromatic carbocycles. The predicted octanol–water partition coefficient (Wildman–Crippen LogP) is 4.28. The SMILES string of the molecule is CCCCC[C@@H]1C[C@@H](C(=O)C(C)C)N(C(C)(C)C)C1. The van der Waals surface area contributed by atoms with Gasteiger partial charge in [0.15, 0.2) is 5.78 Å². The summed E-state index contributed by atoms with van der Waals surface area (Å²) in [5, 5.41) is 0. The van der Waals surface area contributed by atoms with Gasteiger partial charge in [0.05, 0.1) is 6.04 Å². The van der Waals surface area contributed by atoms with Crippen molar-refractivity contribution in [3.05, 3.63) is 0 Å². The fourth-order valence-electron chi connectivity index (χ4n) is 3.21. The van der Waals surface area contributed by atoms with Gasteiger partial charge in [-0.05, 0) is 39.5 Å². The summed E-state index contributed by atoms with van der Waals surface area (Å²) in [4.78, 5) is 14.9. The molecule has 0 bridgehead atoms. The molecular formula is C17H33NO. The zero-order valence-electron chi connectivity index (χ0n) is 13.8. The second-order valence-electron chi connectivity index (χ2n) is 7.49. The monoisotopic (exact) mass is 267 g/mol. The molecule has 0 amide bonds. The Morgan fingerprint density at radius 3 is 2.37 bits per heavy atom. The number of carbonyl (C=O) groups excluding carboxylic acids is 1. The molecule has 0 aliphatic carbocycles. The van der Waals surface area contributed by atoms with Gasteiger partial charge in [0, 0.05) is 18.0 Å². The van der Waals surface area contributed by atoms with Crippen LogP contribution in [0.5, 0.6) is 0 Å². The molecule has 1 aliphatic rings. The third kappa shape index (κ3) is 4.59. The zero-order valence-corrected chi connectivity index (χ0v) is 13.8. The largest absolute Gasteiger partial charge is 0.298 e. The van der Waals surface area contributed by atoms with E-state index in [1.807, 2.05) is 13.8 Å². The average molecular weight is 267 g/mol. The van der Waals surface area contributed by atoms with Gasteiger partial charge in [-0.25, -0.2) is 0 Å². The number of Topliss-reactive ketones (excluding diaryl/α,β-unsaturated/α-hetero) is 1. The number of likely N-dealkylation sites (tertiary alicyclic amines) is 1. The lowest BCUT2D eigenvalue weighted by Gasteiger charge is -2.37. The molecule has 1 rings (SSSR count). The second-order valence-corrected chi connectivity index (χ2v) is 7.49. The van der Waals surface area contributed by atoms with E-state index in [1.165, 1.54) is 25.7 Å². The molecule has 1 heterocycles. The molecule has 0 radical (unpaired) electrons. The van der Waals surface area contributed by atoms with Gasteiger partial charge >= 0.3 is 0 Å². The Kier molecular flexibility index (Phi) is 6.04. The number of carbonyl (C=O) groups is 1. The van der Waals surface area contributed by atoms with Crippen molar-refractivity contribution in [1.29, 1.82) is 0 Å². The maximum Gasteiger partial charge on any atom is 0.152 e. The summed E-state index contributed by atoms with van der Waals surface area (Å²) in [5.41, 5.74) is 0.106. The van der Waals surface area contributed by atoms with Crippen molar-refractivity contribution >= 4 is 5.78 Å². The van der Waals surface area contributed by atoms with Crippen molar-refractivity contribution < 1.29 is 4.79 Å². The highest BCUT2D eigenvalue weighted by atomic mass is 16.1. The first-order valence-electron chi connectivity index (χ1n) is 8.07. The van der Waals surface area contributed by atoms with E-state index < -0.39 is 0 Å². The Balaban J connectivity index is 2.68. The van der Waals surface area contributed by atoms with Gasteiger partial charge in [-0.3, -0.25) is 9.69 Å². The predicted molar refractivity (Wildman–Crippen MR) is 82.3 cm³/mol. The first kappa shape index (κ1) is 16.7. The molecule has 0 unspecified atom stereocenters. The minimum absolute atomic E-state index is 0.106. The van der Waals surface area contributed by atoms with E-state index >= 15 is 0 Å². The molecule has 2 atom stereocenters. The van der Waals surface area contributed by atoms with Gasteiger partial charge in [0.2, 0.25) is 0 Å². The van der Waals surface area contributed by atoms with Crippen LogP contribution < -0.4 is 0 Å². The Labute approximate surface area is 119 Å². The Bertz CT molecular complexity index is 290. The lowest BCUT2D eigenvalue weighted by Crippen LogP contribution is -2.48. The van der Waals surface area contributed by atoms with Crippen molar-refractivity contribution in [2.75, 3.05) is 6.54 Å². The normalized spacial score (nSPS) is 25.2. The van der Waals surface area contributed by atoms with Gasteiger partial charge in [-0.1, -0.05) is 40.0 Å². The number of unbranched alkanes of at least 4 members (excludes halogenated alkanes) is 2. The van der Waals surface area contributed by atoms with Crippen LogP contribution in [0.2, 0.25) is 0 Å². The van der Waals surface area contributed by atoms with Crippen molar-refractivity contribution in [3.63, 3.8) is 0 Å². The summed E-state index contributed by atoms with van der Waals surface area (Å²) in [6.45, 7) is 14.1. The van der Waals surface area contributed by atoms with Crippen molar-refractivity contribution in [1.82, 2.24) is 4.90 Å². The van der Waals surface area contributed by atoms with Crippen molar-refractivity contribution in [2.45, 2.75) is 85.2 Å². The van der Waals surface area contributed by atoms with Crippen molar-refractivity contribution in [3.8, 4) is 0 Å². The van der Waals surface area contributed by atoms with E-state index in [-0.39, 0.29) is 17.5 Å². The Morgan fingerprint density at radius 2 is 1.89 bits per heavy atom. The van der Waals surface area contributed by atoms with Crippen LogP contribution in [0.25, 0.3) is 0 Å². The van der Waals surface area contributed by atoms with Crippen LogP contribution in [-0.4, -0.2) is 28.8 Å². The summed E-state index contributed by atoms with van der Waals surface area (Å²) < 4.78 is 0. The summed E-state index contributed by atoms with van der Waals surface area (Å²) in [7, 11) is 0. The minimum Gasteiger partial charge on any atom is -0.298 e. The topological polar surface area (TPSA) is 20.3 Å². The molecule has 19 heavy (non-hydrogen) atoms. The lowest BCUT2D eigenvalue weighted by molar-refractivity contribution is -0.127. The highest BCUT2D eigenvalue weighted by Crippen LogP contribution is 2.34. The van der Waals surface area contributed by atoms with Gasteiger partial charge in [-0.2, -0.15) is 0 Å². The summed E-state index contributed by atoms with van der Waals surface area (Å²) in [5.74, 6) is 1.32. The molecule has 1 fully saturated rings. The molecule has 0 aromatic heterocycles. The molecule has 0 spiro atoms. The van der Waals surface area contributed by atoms with Crippen LogP contribution in [0.3, 0.4) is 0 Å². The maximum absolute atomic E-state index is 12.4. The number of hydrogen-bond donors (Lipinski definition) is 0. The van der Waals surface area contributed by atoms with Crippen LogP contribution in [0.4, 0.5) is 0 Å². The number of nitrogens with zero attached hydrogens (tertiary/aromatic N) is 1. The van der Waals surface area contributed by atoms with Gasteiger partial charge in [0.25, 0.3) is 0 Å². The number of hydrogen-bond acceptors (Lipinski definition) is 2. The van der Waals surface area contributed by atoms with Crippen LogP contribution in [0.15, 0.2) is 0 Å². The molecule has 1 aliphatic heterocycles. The van der Waals surface area contributed by atoms with Gasteiger partial charge in [0.1, 0.15) is 0 Å². The average Bonchev–Trinajstić information content (AvgIpc) is 2.72. The second kappa shape index (κ2) is 6.88. The number of rotatable bonds is 6. The maximum atomic E-state index is 12.4. The van der Waals surface area contributed by atoms with Crippen molar-refractivity contribution in [2.24, 2.45) is 11.8 Å². The minimum atomic E-state index is 0.106. The Hall–Kier alpha value is -0.370. The first-order valence-corrected chi connectivity index (χ1v) is 8.07. The van der Waals surface area contributed by atoms with Crippen LogP contribution in [0.1, 0.15) is 73.6 Å². The highest BCUT2D eigenvalue weighted by molar-refractivity contribution is 5.86. The fourth-order valence-corrected chi connectivity index (χ4v) is 3.21. The molecule has 112 valence electrons. The van der Waals surface area contributed by atoms with E-state index in [2.05, 4.69) is 32.6 Å². The molecule has 0 aromatic rings. The van der Waals surface area contributed by atoms with Gasteiger partial charge < -0.3 is 0 Å². The van der Waals surface area contributed by atoms with Crippen LogP contribution in [0, 0.1) is 11.8 Å². The third-order valence-electron chi connectivity index (χ3n) is 4.36. The lowest BCUT2D eigenvalue weighted by atomic mass is 9.93. The van der Waals surface area contributed by atoms with E-state index in [9.17, 15) is 4.79 Å². The summed E-state index contributed by atoms with van der Waals surface area (Å²) in [6, 6.07) is 0.159. The standard InChI is InChI=1S/C17H33NO/c1-7-8-9-10-14-11-15(16(19)13(2)3)18(12-14)17(4,5)6/h13-15H,7-12H2,1-6H3/t14-,15+/m1/s1. The molecular weight excluding hydrogens is 234 g/mol. The summed E-state index contributed by atoms with van der Waals surface area (Å²) >= 11 is 0. The quantitative estimate of drug-likeness (QED) is 0.669. The van der Waals surface area contributed by atoms with E-state index in [0.29, 0.717) is 5.78 Å². The van der Waals surface area contributed by atoms with E-state index in [1.54, 1.807) is 0 Å². The first-order chi connectivity index (χ1) is 8.77. The van der Waals surface area contributed by atoms with Crippen LogP contribution >= 0.6 is 0 Å². The molecule has 0 N–H and O–H groups in total. The Morgan fingerprint density at radius 1 is 1.26 bits per heavy atom. The summed E-state index contributed by atoms with van der Waals surface area (Å²) in [6.07, 6.45) is 6.31. The molecule has 2 nitrogen and oxygen atoms in total. The van der Waals surface area contributed by atoms with E-state index in [4.69, 9.17) is 0 Å². The van der Waals surface area contributed by atoms with Gasteiger partial charge in [-0.15, -0.1) is 0 Å². The van der Waals surface area contributed by atoms with Crippen LogP contribution in [-0.2, 0) is 4.79 Å². The third-order valence-corrected chi connectivity index (χ3v) is 4.36. The fraction of sp³-hybridized carbons (Fsp3) is 0.941. The molecule has 0 saturated carbocycles. The highest BCUT2D eigenvalue weighted by Gasteiger charge is 2.41. The number of ketones is 1. The zero-order chi connectivity index (χ0) is 14.6. The van der Waals surface area contributed by atoms with E-state index in [0.717, 1.165) is 18.9 Å². The smallest absolute Gasteiger partial charge is 0.152 e. The molecule has 1 saturated heterocycles. The molecule has 2 heteroatoms.